The van der Waals surface area contributed by atoms with Crippen molar-refractivity contribution in [1.82, 2.24) is 0 Å². The zero-order valence-electron chi connectivity index (χ0n) is 6.66. The molecular weight excluding hydrogens is 179 g/mol. The zero-order chi connectivity index (χ0) is 9.56. The fraction of sp³-hybridized carbons (Fsp3) is 0.143. The molecule has 12 heavy (non-hydrogen) atoms. The van der Waals surface area contributed by atoms with Crippen molar-refractivity contribution in [3.05, 3.63) is 24.3 Å². The van der Waals surface area contributed by atoms with Gasteiger partial charge in [0.2, 0.25) is 0 Å². The van der Waals surface area contributed by atoms with E-state index in [4.69, 9.17) is 10.9 Å². The van der Waals surface area contributed by atoms with Crippen LogP contribution >= 0.6 is 0 Å². The molecule has 0 aliphatic carbocycles. The molecule has 0 aromatic heterocycles. The van der Waals surface area contributed by atoms with Crippen LogP contribution in [0.2, 0.25) is 0 Å². The third-order valence-electron chi connectivity index (χ3n) is 1.09. The van der Waals surface area contributed by atoms with E-state index < -0.39 is 11.0 Å². The molecule has 1 rings (SSSR count). The molecule has 5 heteroatoms. The van der Waals surface area contributed by atoms with E-state index in [9.17, 15) is 8.60 Å². The summed E-state index contributed by atoms with van der Waals surface area (Å²) >= 11 is 0. The molecule has 1 unspecified atom stereocenters. The summed E-state index contributed by atoms with van der Waals surface area (Å²) in [6, 6.07) is 6.70. The van der Waals surface area contributed by atoms with E-state index >= 15 is 0 Å². The number of hydrogen-bond acceptors (Lipinski definition) is 2. The van der Waals surface area contributed by atoms with Crippen LogP contribution in [0.4, 0.5) is 10.1 Å². The van der Waals surface area contributed by atoms with E-state index in [1.54, 1.807) is 24.3 Å². The molecule has 0 amide bonds. The molecule has 68 valence electrons. The van der Waals surface area contributed by atoms with Crippen molar-refractivity contribution in [2.24, 2.45) is 5.14 Å². The van der Waals surface area contributed by atoms with Crippen LogP contribution in [0.3, 0.4) is 0 Å². The van der Waals surface area contributed by atoms with Crippen molar-refractivity contribution in [3.8, 4) is 0 Å². The Bertz CT molecular complexity index is 267. The van der Waals surface area contributed by atoms with Gasteiger partial charge in [-0.15, -0.1) is 0 Å². The van der Waals surface area contributed by atoms with Gasteiger partial charge in [0.25, 0.3) is 0 Å². The van der Waals surface area contributed by atoms with Crippen LogP contribution in [-0.4, -0.2) is 11.4 Å². The summed E-state index contributed by atoms with van der Waals surface area (Å²) in [5, 5.41) is 5.10. The molecule has 4 N–H and O–H groups in total. The Balaban J connectivity index is 0.000000561. The van der Waals surface area contributed by atoms with Gasteiger partial charge in [0.1, 0.15) is 11.0 Å². The summed E-state index contributed by atoms with van der Waals surface area (Å²) < 4.78 is 20.1. The Morgan fingerprint density at radius 2 is 2.00 bits per heavy atom. The highest BCUT2D eigenvalue weighted by Crippen LogP contribution is 2.07. The normalized spacial score (nSPS) is 11.2. The van der Waals surface area contributed by atoms with Crippen LogP contribution in [-0.2, 0) is 11.0 Å². The van der Waals surface area contributed by atoms with Crippen LogP contribution in [0.1, 0.15) is 0 Å². The van der Waals surface area contributed by atoms with Gasteiger partial charge in [0, 0.05) is 5.69 Å². The maximum Gasteiger partial charge on any atom is 0.122 e. The van der Waals surface area contributed by atoms with E-state index in [0.717, 1.165) is 0 Å². The van der Waals surface area contributed by atoms with E-state index in [-0.39, 0.29) is 0 Å². The van der Waals surface area contributed by atoms with E-state index in [1.165, 1.54) is 0 Å². The number of anilines is 1. The third-order valence-corrected chi connectivity index (χ3v) is 1.81. The van der Waals surface area contributed by atoms with Gasteiger partial charge in [-0.2, -0.15) is 0 Å². The number of hydrogen-bond donors (Lipinski definition) is 2. The Kier molecular flexibility index (Phi) is 5.23. The molecule has 0 aliphatic heterocycles. The van der Waals surface area contributed by atoms with Crippen LogP contribution in [0.15, 0.2) is 29.2 Å². The molecule has 0 bridgehead atoms. The van der Waals surface area contributed by atoms with Crippen molar-refractivity contribution < 1.29 is 8.60 Å². The first-order valence-electron chi connectivity index (χ1n) is 3.09. The van der Waals surface area contributed by atoms with Crippen molar-refractivity contribution in [2.75, 3.05) is 12.9 Å². The Labute approximate surface area is 73.2 Å². The molecule has 1 aromatic carbocycles. The highest BCUT2D eigenvalue weighted by molar-refractivity contribution is 7.82. The van der Waals surface area contributed by atoms with Crippen molar-refractivity contribution in [3.63, 3.8) is 0 Å². The molecular formula is C7H11FN2OS. The first-order valence-corrected chi connectivity index (χ1v) is 4.31. The van der Waals surface area contributed by atoms with Crippen molar-refractivity contribution >= 4 is 16.7 Å². The molecule has 0 aliphatic rings. The largest absolute Gasteiger partial charge is 0.399 e. The number of alkyl halides is 1. The molecule has 1 atom stereocenters. The molecule has 0 heterocycles. The predicted octanol–water partition coefficient (Wildman–Crippen LogP) is 0.836. The predicted molar refractivity (Wildman–Crippen MR) is 48.5 cm³/mol. The van der Waals surface area contributed by atoms with Gasteiger partial charge in [0.05, 0.1) is 12.1 Å². The van der Waals surface area contributed by atoms with Gasteiger partial charge in [-0.05, 0) is 18.2 Å². The van der Waals surface area contributed by atoms with Gasteiger partial charge in [-0.1, -0.05) is 6.07 Å². The lowest BCUT2D eigenvalue weighted by Gasteiger charge is -1.95. The number of nitrogen functional groups attached to an aromatic ring is 1. The maximum atomic E-state index is 10.6. The van der Waals surface area contributed by atoms with Crippen LogP contribution in [0.25, 0.3) is 0 Å². The molecule has 0 saturated heterocycles. The SMILES string of the molecule is CF.Nc1cccc(S(N)=O)c1. The molecule has 1 aromatic rings. The summed E-state index contributed by atoms with van der Waals surface area (Å²) in [6.07, 6.45) is 0. The second-order valence-corrected chi connectivity index (χ2v) is 2.94. The number of halogens is 1. The average molecular weight is 190 g/mol. The Morgan fingerprint density at radius 3 is 2.33 bits per heavy atom. The van der Waals surface area contributed by atoms with Crippen LogP contribution < -0.4 is 10.9 Å². The van der Waals surface area contributed by atoms with Gasteiger partial charge in [0.15, 0.2) is 0 Å². The number of rotatable bonds is 1. The molecule has 0 spiro atoms. The molecule has 0 saturated carbocycles. The smallest absolute Gasteiger partial charge is 0.122 e. The summed E-state index contributed by atoms with van der Waals surface area (Å²) in [4.78, 5) is 0.556. The summed E-state index contributed by atoms with van der Waals surface area (Å²) in [5.74, 6) is 0. The van der Waals surface area contributed by atoms with Gasteiger partial charge < -0.3 is 5.73 Å². The Hall–Kier alpha value is -0.940. The summed E-state index contributed by atoms with van der Waals surface area (Å²) in [6.45, 7) is 0. The van der Waals surface area contributed by atoms with E-state index in [1.807, 2.05) is 0 Å². The third kappa shape index (κ3) is 3.45. The van der Waals surface area contributed by atoms with E-state index in [2.05, 4.69) is 0 Å². The molecule has 0 fully saturated rings. The lowest BCUT2D eigenvalue weighted by Crippen LogP contribution is -2.02. The van der Waals surface area contributed by atoms with Crippen LogP contribution in [0.5, 0.6) is 0 Å². The second-order valence-electron chi connectivity index (χ2n) is 1.87. The average Bonchev–Trinajstić information content (AvgIpc) is 2.08. The Morgan fingerprint density at radius 1 is 1.42 bits per heavy atom. The fourth-order valence-electron chi connectivity index (χ4n) is 0.640. The standard InChI is InChI=1S/C6H8N2OS.CH3F/c7-5-2-1-3-6(4-5)10(8)9;1-2/h1-4H,7-8H2;1H3. The summed E-state index contributed by atoms with van der Waals surface area (Å²) in [5.41, 5.74) is 5.99. The topological polar surface area (TPSA) is 69.1 Å². The quantitative estimate of drug-likeness (QED) is 0.644. The highest BCUT2D eigenvalue weighted by Gasteiger charge is 1.95. The maximum absolute atomic E-state index is 10.6. The van der Waals surface area contributed by atoms with E-state index in [0.29, 0.717) is 17.8 Å². The summed E-state index contributed by atoms with van der Waals surface area (Å²) in [7, 11) is -0.919. The second kappa shape index (κ2) is 5.68. The van der Waals surface area contributed by atoms with Crippen molar-refractivity contribution in [2.45, 2.75) is 4.90 Å². The number of benzene rings is 1. The lowest BCUT2D eigenvalue weighted by molar-refractivity contribution is 0.636. The first-order chi connectivity index (χ1) is 5.70. The fourth-order valence-corrected chi connectivity index (χ4v) is 1.10. The van der Waals surface area contributed by atoms with Gasteiger partial charge in [-0.3, -0.25) is 4.39 Å². The van der Waals surface area contributed by atoms with Gasteiger partial charge in [-0.25, -0.2) is 9.35 Å². The molecule has 3 nitrogen and oxygen atoms in total. The monoisotopic (exact) mass is 190 g/mol. The minimum atomic E-state index is -1.42. The van der Waals surface area contributed by atoms with Crippen LogP contribution in [0, 0.1) is 0 Å². The minimum absolute atomic E-state index is 0.500. The lowest BCUT2D eigenvalue weighted by atomic mass is 10.3. The van der Waals surface area contributed by atoms with Crippen molar-refractivity contribution in [1.29, 1.82) is 0 Å². The highest BCUT2D eigenvalue weighted by atomic mass is 32.2. The number of nitrogens with two attached hydrogens (primary N) is 2. The first kappa shape index (κ1) is 11.1. The molecule has 0 radical (unpaired) electrons. The zero-order valence-corrected chi connectivity index (χ0v) is 7.48. The van der Waals surface area contributed by atoms with Gasteiger partial charge >= 0.3 is 0 Å². The minimum Gasteiger partial charge on any atom is -0.399 e.